The predicted molar refractivity (Wildman–Crippen MR) is 99.1 cm³/mol. The van der Waals surface area contributed by atoms with Crippen molar-refractivity contribution in [3.63, 3.8) is 0 Å². The minimum atomic E-state index is -0.477. The smallest absolute Gasteiger partial charge is 0.237 e. The van der Waals surface area contributed by atoms with Crippen molar-refractivity contribution in [1.82, 2.24) is 5.32 Å². The summed E-state index contributed by atoms with van der Waals surface area (Å²) >= 11 is 1.68. The Labute approximate surface area is 149 Å². The Morgan fingerprint density at radius 3 is 2.39 bits per heavy atom. The first-order valence-corrected chi connectivity index (χ1v) is 8.61. The Kier molecular flexibility index (Phi) is 10.1. The van der Waals surface area contributed by atoms with E-state index in [1.54, 1.807) is 26.0 Å². The van der Waals surface area contributed by atoms with Gasteiger partial charge in [0.25, 0.3) is 0 Å². The highest BCUT2D eigenvalue weighted by atomic mass is 35.5. The number of benzene rings is 1. The molecule has 132 valence electrons. The first-order chi connectivity index (χ1) is 10.4. The van der Waals surface area contributed by atoms with E-state index in [1.807, 2.05) is 32.2 Å². The lowest BCUT2D eigenvalue weighted by atomic mass is 10.0. The van der Waals surface area contributed by atoms with Gasteiger partial charge >= 0.3 is 0 Å². The van der Waals surface area contributed by atoms with Crippen molar-refractivity contribution in [2.24, 2.45) is 5.73 Å². The van der Waals surface area contributed by atoms with Crippen LogP contribution >= 0.6 is 24.2 Å². The lowest BCUT2D eigenvalue weighted by Gasteiger charge is -2.21. The Balaban J connectivity index is 0.00000484. The molecule has 1 rings (SSSR count). The first kappa shape index (κ1) is 21.9. The highest BCUT2D eigenvalue weighted by Gasteiger charge is 2.19. The summed E-state index contributed by atoms with van der Waals surface area (Å²) in [6.07, 6.45) is 2.67. The molecule has 3 N–H and O–H groups in total. The molecular weight excluding hydrogens is 336 g/mol. The highest BCUT2D eigenvalue weighted by Crippen LogP contribution is 2.32. The fraction of sp³-hybridized carbons (Fsp3) is 0.562. The molecule has 7 heteroatoms. The van der Waals surface area contributed by atoms with E-state index in [1.165, 1.54) is 0 Å². The molecule has 0 fully saturated rings. The summed E-state index contributed by atoms with van der Waals surface area (Å²) in [4.78, 5) is 12.1. The van der Waals surface area contributed by atoms with Crippen LogP contribution in [0.3, 0.4) is 0 Å². The van der Waals surface area contributed by atoms with Gasteiger partial charge in [0.05, 0.1) is 26.3 Å². The Hall–Kier alpha value is -1.11. The second-order valence-electron chi connectivity index (χ2n) is 5.18. The fourth-order valence-corrected chi connectivity index (χ4v) is 2.73. The van der Waals surface area contributed by atoms with Gasteiger partial charge in [0.2, 0.25) is 5.91 Å². The SMILES string of the molecule is COc1cc(C)c(C(C)NC(=O)C(N)CCSC)cc1OC.Cl. The van der Waals surface area contributed by atoms with Gasteiger partial charge in [0.15, 0.2) is 11.5 Å². The molecule has 0 aliphatic heterocycles. The van der Waals surface area contributed by atoms with Crippen LogP contribution in [0.4, 0.5) is 0 Å². The maximum atomic E-state index is 12.1. The molecule has 0 spiro atoms. The molecule has 1 aromatic rings. The molecule has 0 saturated heterocycles. The van der Waals surface area contributed by atoms with Crippen LogP contribution in [-0.2, 0) is 4.79 Å². The molecule has 0 aliphatic rings. The lowest BCUT2D eigenvalue weighted by Crippen LogP contribution is -2.42. The molecule has 5 nitrogen and oxygen atoms in total. The van der Waals surface area contributed by atoms with Gasteiger partial charge in [-0.25, -0.2) is 0 Å². The van der Waals surface area contributed by atoms with Crippen molar-refractivity contribution in [2.45, 2.75) is 32.4 Å². The number of hydrogen-bond acceptors (Lipinski definition) is 5. The summed E-state index contributed by atoms with van der Waals surface area (Å²) in [5, 5.41) is 2.96. The third-order valence-corrected chi connectivity index (χ3v) is 4.21. The average molecular weight is 363 g/mol. The maximum absolute atomic E-state index is 12.1. The molecule has 2 unspecified atom stereocenters. The number of carbonyl (C=O) groups is 1. The van der Waals surface area contributed by atoms with Crippen molar-refractivity contribution < 1.29 is 14.3 Å². The number of rotatable bonds is 8. The van der Waals surface area contributed by atoms with Crippen LogP contribution in [0, 0.1) is 6.92 Å². The molecule has 1 aromatic carbocycles. The minimum absolute atomic E-state index is 0. The Morgan fingerprint density at radius 2 is 1.87 bits per heavy atom. The van der Waals surface area contributed by atoms with Crippen LogP contribution in [0.25, 0.3) is 0 Å². The second kappa shape index (κ2) is 10.6. The van der Waals surface area contributed by atoms with Gasteiger partial charge in [-0.1, -0.05) is 0 Å². The van der Waals surface area contributed by atoms with E-state index in [4.69, 9.17) is 15.2 Å². The molecule has 0 bridgehead atoms. The number of nitrogens with one attached hydrogen (secondary N) is 1. The van der Waals surface area contributed by atoms with Gasteiger partial charge in [-0.05, 0) is 55.5 Å². The van der Waals surface area contributed by atoms with Crippen LogP contribution in [0.2, 0.25) is 0 Å². The molecule has 0 heterocycles. The van der Waals surface area contributed by atoms with Gasteiger partial charge in [-0.3, -0.25) is 4.79 Å². The maximum Gasteiger partial charge on any atom is 0.237 e. The van der Waals surface area contributed by atoms with E-state index in [0.717, 1.165) is 16.9 Å². The molecule has 0 aliphatic carbocycles. The van der Waals surface area contributed by atoms with Crippen LogP contribution in [0.1, 0.15) is 30.5 Å². The third kappa shape index (κ3) is 6.12. The van der Waals surface area contributed by atoms with Gasteiger partial charge < -0.3 is 20.5 Å². The minimum Gasteiger partial charge on any atom is -0.493 e. The Bertz CT molecular complexity index is 514. The number of amides is 1. The number of methoxy groups -OCH3 is 2. The van der Waals surface area contributed by atoms with Crippen molar-refractivity contribution in [1.29, 1.82) is 0 Å². The van der Waals surface area contributed by atoms with Crippen LogP contribution in [0.15, 0.2) is 12.1 Å². The zero-order chi connectivity index (χ0) is 16.7. The quantitative estimate of drug-likeness (QED) is 0.743. The fourth-order valence-electron chi connectivity index (χ4n) is 2.24. The van der Waals surface area contributed by atoms with E-state index in [0.29, 0.717) is 17.9 Å². The number of thioether (sulfide) groups is 1. The predicted octanol–water partition coefficient (Wildman–Crippen LogP) is 2.69. The summed E-state index contributed by atoms with van der Waals surface area (Å²) in [5.74, 6) is 2.07. The Morgan fingerprint density at radius 1 is 1.30 bits per heavy atom. The third-order valence-electron chi connectivity index (χ3n) is 3.57. The van der Waals surface area contributed by atoms with Crippen LogP contribution in [0.5, 0.6) is 11.5 Å². The van der Waals surface area contributed by atoms with Crippen LogP contribution < -0.4 is 20.5 Å². The van der Waals surface area contributed by atoms with Gasteiger partial charge in [-0.15, -0.1) is 12.4 Å². The van der Waals surface area contributed by atoms with Crippen LogP contribution in [-0.4, -0.2) is 38.2 Å². The van der Waals surface area contributed by atoms with Gasteiger partial charge in [-0.2, -0.15) is 11.8 Å². The summed E-state index contributed by atoms with van der Waals surface area (Å²) in [6.45, 7) is 3.92. The molecule has 1 amide bonds. The number of ether oxygens (including phenoxy) is 2. The molecule has 0 aromatic heterocycles. The number of hydrogen-bond donors (Lipinski definition) is 2. The second-order valence-corrected chi connectivity index (χ2v) is 6.17. The van der Waals surface area contributed by atoms with Gasteiger partial charge in [0, 0.05) is 0 Å². The summed E-state index contributed by atoms with van der Waals surface area (Å²) in [6, 6.07) is 3.18. The lowest BCUT2D eigenvalue weighted by molar-refractivity contribution is -0.123. The number of carbonyl (C=O) groups excluding carboxylic acids is 1. The van der Waals surface area contributed by atoms with Crippen molar-refractivity contribution in [3.05, 3.63) is 23.3 Å². The van der Waals surface area contributed by atoms with Gasteiger partial charge in [0.1, 0.15) is 0 Å². The molecule has 23 heavy (non-hydrogen) atoms. The molecule has 0 saturated carbocycles. The first-order valence-electron chi connectivity index (χ1n) is 7.22. The monoisotopic (exact) mass is 362 g/mol. The zero-order valence-corrected chi connectivity index (χ0v) is 16.0. The molecule has 0 radical (unpaired) electrons. The van der Waals surface area contributed by atoms with E-state index < -0.39 is 6.04 Å². The summed E-state index contributed by atoms with van der Waals surface area (Å²) in [5.41, 5.74) is 7.92. The molecular formula is C16H27ClN2O3S. The topological polar surface area (TPSA) is 73.6 Å². The van der Waals surface area contributed by atoms with Crippen molar-refractivity contribution in [3.8, 4) is 11.5 Å². The van der Waals surface area contributed by atoms with E-state index in [-0.39, 0.29) is 24.4 Å². The molecule has 2 atom stereocenters. The average Bonchev–Trinajstić information content (AvgIpc) is 2.51. The largest absolute Gasteiger partial charge is 0.493 e. The summed E-state index contributed by atoms with van der Waals surface area (Å²) in [7, 11) is 3.20. The normalized spacial score (nSPS) is 12.8. The standard InChI is InChI=1S/C16H26N2O3S.ClH/c1-10-8-14(20-3)15(21-4)9-12(10)11(2)18-16(19)13(17)6-7-22-5;/h8-9,11,13H,6-7,17H2,1-5H3,(H,18,19);1H. The zero-order valence-electron chi connectivity index (χ0n) is 14.3. The number of nitrogens with two attached hydrogens (primary N) is 1. The highest BCUT2D eigenvalue weighted by molar-refractivity contribution is 7.98. The number of aryl methyl sites for hydroxylation is 1. The van der Waals surface area contributed by atoms with E-state index in [9.17, 15) is 4.79 Å². The van der Waals surface area contributed by atoms with Crippen molar-refractivity contribution in [2.75, 3.05) is 26.2 Å². The number of halogens is 1. The summed E-state index contributed by atoms with van der Waals surface area (Å²) < 4.78 is 10.6. The van der Waals surface area contributed by atoms with E-state index >= 15 is 0 Å². The van der Waals surface area contributed by atoms with Crippen molar-refractivity contribution >= 4 is 30.1 Å². The van der Waals surface area contributed by atoms with E-state index in [2.05, 4.69) is 5.32 Å².